The summed E-state index contributed by atoms with van der Waals surface area (Å²) in [6.07, 6.45) is 6.22. The Hall–Kier alpha value is -1.63. The smallest absolute Gasteiger partial charge is 0.254 e. The lowest BCUT2D eigenvalue weighted by Gasteiger charge is -2.04. The summed E-state index contributed by atoms with van der Waals surface area (Å²) < 4.78 is 4.44. The second kappa shape index (κ2) is 6.01. The maximum Gasteiger partial charge on any atom is 0.254 e. The van der Waals surface area contributed by atoms with Gasteiger partial charge in [0.15, 0.2) is 0 Å². The number of carbonyl (C=O) groups is 1. The van der Waals surface area contributed by atoms with E-state index in [-0.39, 0.29) is 5.91 Å². The molecular weight excluding hydrogens is 310 g/mol. The van der Waals surface area contributed by atoms with E-state index in [1.165, 1.54) is 0 Å². The molecule has 2 heterocycles. The minimum atomic E-state index is -0.0766. The Labute approximate surface area is 119 Å². The van der Waals surface area contributed by atoms with Crippen LogP contribution in [0.4, 0.5) is 0 Å². The van der Waals surface area contributed by atoms with Crippen LogP contribution in [0.1, 0.15) is 22.5 Å². The molecule has 0 atom stereocenters. The van der Waals surface area contributed by atoms with Gasteiger partial charge in [-0.25, -0.2) is 0 Å². The third kappa shape index (κ3) is 3.66. The molecule has 2 aromatic rings. The number of halogens is 1. The van der Waals surface area contributed by atoms with Crippen LogP contribution in [-0.4, -0.2) is 32.0 Å². The number of hydrogen-bond donors (Lipinski definition) is 1. The predicted molar refractivity (Wildman–Crippen MR) is 74.8 cm³/mol. The Balaban J connectivity index is 1.77. The summed E-state index contributed by atoms with van der Waals surface area (Å²) in [7, 11) is 1.80. The van der Waals surface area contributed by atoms with E-state index >= 15 is 0 Å². The molecule has 0 aliphatic heterocycles. The Morgan fingerprint density at radius 2 is 2.26 bits per heavy atom. The van der Waals surface area contributed by atoms with Gasteiger partial charge < -0.3 is 5.32 Å². The summed E-state index contributed by atoms with van der Waals surface area (Å²) in [5.74, 6) is -0.0766. The molecule has 6 nitrogen and oxygen atoms in total. The summed E-state index contributed by atoms with van der Waals surface area (Å²) in [6, 6.07) is 0. The van der Waals surface area contributed by atoms with Gasteiger partial charge in [-0.15, -0.1) is 0 Å². The zero-order valence-corrected chi connectivity index (χ0v) is 12.5. The Morgan fingerprint density at radius 3 is 2.84 bits per heavy atom. The molecule has 0 spiro atoms. The van der Waals surface area contributed by atoms with E-state index in [1.54, 1.807) is 24.1 Å². The van der Waals surface area contributed by atoms with E-state index in [0.29, 0.717) is 12.1 Å². The normalized spacial score (nSPS) is 10.7. The van der Waals surface area contributed by atoms with E-state index in [1.807, 2.05) is 17.8 Å². The fourth-order valence-electron chi connectivity index (χ4n) is 1.82. The molecule has 0 unspecified atom stereocenters. The molecule has 19 heavy (non-hydrogen) atoms. The van der Waals surface area contributed by atoms with Crippen LogP contribution in [0, 0.1) is 6.92 Å². The van der Waals surface area contributed by atoms with Gasteiger partial charge in [0, 0.05) is 32.5 Å². The molecule has 0 saturated carbocycles. The van der Waals surface area contributed by atoms with Crippen LogP contribution >= 0.6 is 15.9 Å². The summed E-state index contributed by atoms with van der Waals surface area (Å²) >= 11 is 3.34. The van der Waals surface area contributed by atoms with Gasteiger partial charge in [0.25, 0.3) is 5.91 Å². The zero-order valence-electron chi connectivity index (χ0n) is 10.9. The SMILES string of the molecule is Cc1nn(C)cc1C(=O)NCCCn1cc(Br)cn1. The molecule has 0 fully saturated rings. The molecule has 2 aromatic heterocycles. The van der Waals surface area contributed by atoms with Crippen molar-refractivity contribution in [1.29, 1.82) is 0 Å². The van der Waals surface area contributed by atoms with Crippen molar-refractivity contribution in [2.24, 2.45) is 7.05 Å². The third-order valence-corrected chi connectivity index (χ3v) is 3.12. The van der Waals surface area contributed by atoms with E-state index in [4.69, 9.17) is 0 Å². The quantitative estimate of drug-likeness (QED) is 0.847. The first-order valence-corrected chi connectivity index (χ1v) is 6.82. The van der Waals surface area contributed by atoms with Crippen molar-refractivity contribution in [3.05, 3.63) is 34.3 Å². The molecule has 0 aliphatic rings. The van der Waals surface area contributed by atoms with Crippen LogP contribution in [0.5, 0.6) is 0 Å². The third-order valence-electron chi connectivity index (χ3n) is 2.71. The van der Waals surface area contributed by atoms with Gasteiger partial charge in [0.2, 0.25) is 0 Å². The average Bonchev–Trinajstić information content (AvgIpc) is 2.90. The highest BCUT2D eigenvalue weighted by Gasteiger charge is 2.11. The Morgan fingerprint density at radius 1 is 1.47 bits per heavy atom. The predicted octanol–water partition coefficient (Wildman–Crippen LogP) is 1.51. The Bertz CT molecular complexity index is 574. The first-order valence-electron chi connectivity index (χ1n) is 6.02. The van der Waals surface area contributed by atoms with Crippen molar-refractivity contribution in [2.45, 2.75) is 19.9 Å². The first kappa shape index (κ1) is 13.8. The number of aromatic nitrogens is 4. The van der Waals surface area contributed by atoms with Crippen molar-refractivity contribution >= 4 is 21.8 Å². The van der Waals surface area contributed by atoms with Gasteiger partial charge in [-0.1, -0.05) is 0 Å². The number of rotatable bonds is 5. The monoisotopic (exact) mass is 325 g/mol. The number of nitrogens with one attached hydrogen (secondary N) is 1. The van der Waals surface area contributed by atoms with Gasteiger partial charge in [-0.3, -0.25) is 14.2 Å². The lowest BCUT2D eigenvalue weighted by atomic mass is 10.2. The lowest BCUT2D eigenvalue weighted by Crippen LogP contribution is -2.25. The number of carbonyl (C=O) groups excluding carboxylic acids is 1. The number of aryl methyl sites for hydroxylation is 3. The van der Waals surface area contributed by atoms with Gasteiger partial charge in [0.1, 0.15) is 0 Å². The molecule has 7 heteroatoms. The topological polar surface area (TPSA) is 64.7 Å². The van der Waals surface area contributed by atoms with Gasteiger partial charge in [0.05, 0.1) is 21.9 Å². The van der Waals surface area contributed by atoms with Gasteiger partial charge >= 0.3 is 0 Å². The number of amides is 1. The molecule has 0 saturated heterocycles. The molecule has 0 radical (unpaired) electrons. The number of hydrogen-bond acceptors (Lipinski definition) is 3. The lowest BCUT2D eigenvalue weighted by molar-refractivity contribution is 0.0952. The molecule has 102 valence electrons. The van der Waals surface area contributed by atoms with Crippen LogP contribution in [0.15, 0.2) is 23.1 Å². The standard InChI is InChI=1S/C12H16BrN5O/c1-9-11(8-17(2)16-9)12(19)14-4-3-5-18-7-10(13)6-15-18/h6-8H,3-5H2,1-2H3,(H,14,19). The summed E-state index contributed by atoms with van der Waals surface area (Å²) in [6.45, 7) is 3.22. The maximum absolute atomic E-state index is 11.9. The largest absolute Gasteiger partial charge is 0.352 e. The second-order valence-corrected chi connectivity index (χ2v) is 5.25. The highest BCUT2D eigenvalue weighted by Crippen LogP contribution is 2.06. The minimum Gasteiger partial charge on any atom is -0.352 e. The van der Waals surface area contributed by atoms with E-state index in [9.17, 15) is 4.79 Å². The summed E-state index contributed by atoms with van der Waals surface area (Å²) in [4.78, 5) is 11.9. The second-order valence-electron chi connectivity index (χ2n) is 4.33. The van der Waals surface area contributed by atoms with Crippen LogP contribution in [0.2, 0.25) is 0 Å². The van der Waals surface area contributed by atoms with Gasteiger partial charge in [-0.2, -0.15) is 10.2 Å². The van der Waals surface area contributed by atoms with Crippen LogP contribution in [0.3, 0.4) is 0 Å². The minimum absolute atomic E-state index is 0.0766. The van der Waals surface area contributed by atoms with Crippen molar-refractivity contribution in [1.82, 2.24) is 24.9 Å². The molecule has 2 rings (SSSR count). The molecule has 0 bridgehead atoms. The fraction of sp³-hybridized carbons (Fsp3) is 0.417. The zero-order chi connectivity index (χ0) is 13.8. The average molecular weight is 326 g/mol. The first-order chi connectivity index (χ1) is 9.06. The van der Waals surface area contributed by atoms with Crippen LogP contribution < -0.4 is 5.32 Å². The molecule has 1 N–H and O–H groups in total. The van der Waals surface area contributed by atoms with Crippen molar-refractivity contribution in [2.75, 3.05) is 6.54 Å². The van der Waals surface area contributed by atoms with E-state index in [2.05, 4.69) is 31.4 Å². The summed E-state index contributed by atoms with van der Waals surface area (Å²) in [5.41, 5.74) is 1.38. The highest BCUT2D eigenvalue weighted by atomic mass is 79.9. The van der Waals surface area contributed by atoms with Crippen molar-refractivity contribution in [3.8, 4) is 0 Å². The van der Waals surface area contributed by atoms with Crippen LogP contribution in [-0.2, 0) is 13.6 Å². The van der Waals surface area contributed by atoms with Crippen molar-refractivity contribution in [3.63, 3.8) is 0 Å². The number of nitrogens with zero attached hydrogens (tertiary/aromatic N) is 4. The fourth-order valence-corrected chi connectivity index (χ4v) is 2.15. The van der Waals surface area contributed by atoms with E-state index < -0.39 is 0 Å². The van der Waals surface area contributed by atoms with Crippen molar-refractivity contribution < 1.29 is 4.79 Å². The van der Waals surface area contributed by atoms with Gasteiger partial charge in [-0.05, 0) is 29.3 Å². The summed E-state index contributed by atoms with van der Waals surface area (Å²) in [5, 5.41) is 11.2. The molecular formula is C12H16BrN5O. The highest BCUT2D eigenvalue weighted by molar-refractivity contribution is 9.10. The molecule has 0 aliphatic carbocycles. The molecule has 1 amide bonds. The Kier molecular flexibility index (Phi) is 4.36. The van der Waals surface area contributed by atoms with Crippen LogP contribution in [0.25, 0.3) is 0 Å². The van der Waals surface area contributed by atoms with E-state index in [0.717, 1.165) is 23.1 Å². The molecule has 0 aromatic carbocycles. The maximum atomic E-state index is 11.9.